The first-order chi connectivity index (χ1) is 10.9. The first kappa shape index (κ1) is 16.3. The van der Waals surface area contributed by atoms with Crippen LogP contribution in [0.15, 0.2) is 36.4 Å². The molecule has 1 heterocycles. The van der Waals surface area contributed by atoms with E-state index in [1.165, 1.54) is 28.9 Å². The van der Waals surface area contributed by atoms with Crippen LogP contribution < -0.4 is 10.9 Å². The van der Waals surface area contributed by atoms with Gasteiger partial charge in [-0.1, -0.05) is 35.3 Å². The molecule has 0 fully saturated rings. The van der Waals surface area contributed by atoms with E-state index in [-0.39, 0.29) is 15.6 Å². The van der Waals surface area contributed by atoms with Crippen molar-refractivity contribution in [3.05, 3.63) is 46.6 Å². The van der Waals surface area contributed by atoms with Crippen molar-refractivity contribution in [1.29, 1.82) is 0 Å². The van der Waals surface area contributed by atoms with Gasteiger partial charge in [0.25, 0.3) is 0 Å². The molecule has 0 aliphatic rings. The Morgan fingerprint density at radius 1 is 0.870 bits per heavy atom. The molecule has 0 spiro atoms. The standard InChI is InChI=1S/C13H10B2Cl2N2O4/c16-10-6-8(15(22)23)2-4-12(10)19-13(17)9-5-7(14(20)21)1-3-11(9)18-19/h1-6,20-23H. The summed E-state index contributed by atoms with van der Waals surface area (Å²) in [6, 6.07) is 9.16. The fraction of sp³-hybridized carbons (Fsp3) is 0. The average molecular weight is 351 g/mol. The maximum atomic E-state index is 9.24. The SMILES string of the molecule is OB(O)c1ccc(-n2nc3ccc(B(O)O)cc3c2Cl)c(Cl)c1. The highest BCUT2D eigenvalue weighted by Crippen LogP contribution is 2.28. The van der Waals surface area contributed by atoms with Crippen molar-refractivity contribution < 1.29 is 20.1 Å². The van der Waals surface area contributed by atoms with Gasteiger partial charge in [0.2, 0.25) is 0 Å². The summed E-state index contributed by atoms with van der Waals surface area (Å²) in [5, 5.41) is 42.2. The Balaban J connectivity index is 2.15. The van der Waals surface area contributed by atoms with Crippen LogP contribution in [0.4, 0.5) is 0 Å². The van der Waals surface area contributed by atoms with Gasteiger partial charge in [0.15, 0.2) is 0 Å². The van der Waals surface area contributed by atoms with Crippen LogP contribution in [0.25, 0.3) is 16.6 Å². The van der Waals surface area contributed by atoms with Gasteiger partial charge in [-0.2, -0.15) is 5.10 Å². The first-order valence-electron chi connectivity index (χ1n) is 6.58. The Morgan fingerprint density at radius 3 is 2.09 bits per heavy atom. The van der Waals surface area contributed by atoms with E-state index in [1.807, 2.05) is 0 Å². The fourth-order valence-corrected chi connectivity index (χ4v) is 2.80. The van der Waals surface area contributed by atoms with E-state index >= 15 is 0 Å². The number of rotatable bonds is 3. The average Bonchev–Trinajstić information content (AvgIpc) is 2.83. The molecule has 0 aliphatic carbocycles. The molecule has 0 amide bonds. The molecule has 116 valence electrons. The van der Waals surface area contributed by atoms with Gasteiger partial charge in [-0.05, 0) is 35.2 Å². The minimum atomic E-state index is -1.62. The number of fused-ring (bicyclic) bond motifs is 1. The lowest BCUT2D eigenvalue weighted by molar-refractivity contribution is 0.424. The van der Waals surface area contributed by atoms with Gasteiger partial charge >= 0.3 is 14.2 Å². The van der Waals surface area contributed by atoms with Gasteiger partial charge in [-0.25, -0.2) is 4.68 Å². The lowest BCUT2D eigenvalue weighted by atomic mass is 9.80. The summed E-state index contributed by atoms with van der Waals surface area (Å²) in [6.45, 7) is 0. The van der Waals surface area contributed by atoms with Crippen molar-refractivity contribution in [2.45, 2.75) is 0 Å². The Labute approximate surface area is 141 Å². The second kappa shape index (κ2) is 6.16. The van der Waals surface area contributed by atoms with Crippen LogP contribution in [0.3, 0.4) is 0 Å². The summed E-state index contributed by atoms with van der Waals surface area (Å²) in [6.07, 6.45) is 0. The van der Waals surface area contributed by atoms with Crippen molar-refractivity contribution in [3.8, 4) is 5.69 Å². The lowest BCUT2D eigenvalue weighted by Crippen LogP contribution is -2.29. The summed E-state index contributed by atoms with van der Waals surface area (Å²) >= 11 is 12.5. The first-order valence-corrected chi connectivity index (χ1v) is 7.34. The highest BCUT2D eigenvalue weighted by atomic mass is 35.5. The van der Waals surface area contributed by atoms with Crippen LogP contribution in [0.5, 0.6) is 0 Å². The van der Waals surface area contributed by atoms with Crippen molar-refractivity contribution in [2.75, 3.05) is 0 Å². The van der Waals surface area contributed by atoms with Gasteiger partial charge in [0, 0.05) is 5.39 Å². The van der Waals surface area contributed by atoms with E-state index in [0.29, 0.717) is 22.1 Å². The largest absolute Gasteiger partial charge is 0.488 e. The van der Waals surface area contributed by atoms with Crippen LogP contribution in [0.1, 0.15) is 0 Å². The normalized spacial score (nSPS) is 11.0. The summed E-state index contributed by atoms with van der Waals surface area (Å²) in [4.78, 5) is 0. The van der Waals surface area contributed by atoms with Crippen molar-refractivity contribution in [2.24, 2.45) is 0 Å². The monoisotopic (exact) mass is 350 g/mol. The molecule has 1 aromatic heterocycles. The third kappa shape index (κ3) is 2.97. The maximum Gasteiger partial charge on any atom is 0.488 e. The van der Waals surface area contributed by atoms with Gasteiger partial charge in [-0.15, -0.1) is 0 Å². The molecule has 2 aromatic carbocycles. The van der Waals surface area contributed by atoms with Crippen LogP contribution in [-0.2, 0) is 0 Å². The fourth-order valence-electron chi connectivity index (χ4n) is 2.25. The molecule has 0 unspecified atom stereocenters. The predicted molar refractivity (Wildman–Crippen MR) is 90.7 cm³/mol. The zero-order valence-electron chi connectivity index (χ0n) is 11.6. The topological polar surface area (TPSA) is 98.7 Å². The second-order valence-electron chi connectivity index (χ2n) is 4.94. The number of halogens is 2. The summed E-state index contributed by atoms with van der Waals surface area (Å²) in [5.41, 5.74) is 1.56. The zero-order chi connectivity index (χ0) is 16.7. The molecule has 0 bridgehead atoms. The summed E-state index contributed by atoms with van der Waals surface area (Å²) < 4.78 is 1.40. The molecule has 10 heteroatoms. The van der Waals surface area contributed by atoms with E-state index in [0.717, 1.165) is 0 Å². The minimum Gasteiger partial charge on any atom is -0.423 e. The van der Waals surface area contributed by atoms with Crippen LogP contribution >= 0.6 is 23.2 Å². The van der Waals surface area contributed by atoms with Gasteiger partial charge in [0.05, 0.1) is 16.2 Å². The summed E-state index contributed by atoms with van der Waals surface area (Å²) in [7, 11) is -3.23. The van der Waals surface area contributed by atoms with Crippen molar-refractivity contribution in [3.63, 3.8) is 0 Å². The molecule has 0 saturated heterocycles. The van der Waals surface area contributed by atoms with E-state index in [9.17, 15) is 10.0 Å². The maximum absolute atomic E-state index is 9.24. The highest BCUT2D eigenvalue weighted by Gasteiger charge is 2.18. The van der Waals surface area contributed by atoms with Gasteiger partial charge < -0.3 is 20.1 Å². The highest BCUT2D eigenvalue weighted by molar-refractivity contribution is 6.59. The molecule has 0 aliphatic heterocycles. The van der Waals surface area contributed by atoms with E-state index in [4.69, 9.17) is 33.2 Å². The van der Waals surface area contributed by atoms with E-state index in [2.05, 4.69) is 5.10 Å². The quantitative estimate of drug-likeness (QED) is 0.486. The third-order valence-electron chi connectivity index (χ3n) is 3.43. The number of benzene rings is 2. The third-order valence-corrected chi connectivity index (χ3v) is 4.10. The number of hydrogen-bond donors (Lipinski definition) is 4. The molecule has 3 rings (SSSR count). The lowest BCUT2D eigenvalue weighted by Gasteiger charge is -2.07. The number of aromatic nitrogens is 2. The van der Waals surface area contributed by atoms with Gasteiger partial charge in [0.1, 0.15) is 5.15 Å². The molecule has 23 heavy (non-hydrogen) atoms. The predicted octanol–water partition coefficient (Wildman–Crippen LogP) is -0.308. The molecule has 0 saturated carbocycles. The van der Waals surface area contributed by atoms with Crippen molar-refractivity contribution >= 4 is 59.3 Å². The number of nitrogens with zero attached hydrogens (tertiary/aromatic N) is 2. The van der Waals surface area contributed by atoms with Crippen LogP contribution in [0, 0.1) is 0 Å². The van der Waals surface area contributed by atoms with E-state index in [1.54, 1.807) is 12.1 Å². The molecule has 0 radical (unpaired) electrons. The molecule has 6 nitrogen and oxygen atoms in total. The van der Waals surface area contributed by atoms with E-state index < -0.39 is 14.2 Å². The second-order valence-corrected chi connectivity index (χ2v) is 5.70. The summed E-state index contributed by atoms with van der Waals surface area (Å²) in [5.74, 6) is 0. The smallest absolute Gasteiger partial charge is 0.423 e. The van der Waals surface area contributed by atoms with Crippen molar-refractivity contribution in [1.82, 2.24) is 9.78 Å². The molecular weight excluding hydrogens is 341 g/mol. The Morgan fingerprint density at radius 2 is 1.48 bits per heavy atom. The minimum absolute atomic E-state index is 0.243. The van der Waals surface area contributed by atoms with Crippen LogP contribution in [-0.4, -0.2) is 44.1 Å². The molecule has 4 N–H and O–H groups in total. The Bertz CT molecular complexity index is 886. The van der Waals surface area contributed by atoms with Gasteiger partial charge in [-0.3, -0.25) is 0 Å². The molecule has 3 aromatic rings. The molecular formula is C13H10B2Cl2N2O4. The Hall–Kier alpha value is -1.54. The number of hydrogen-bond acceptors (Lipinski definition) is 5. The zero-order valence-corrected chi connectivity index (χ0v) is 13.1. The molecule has 0 atom stereocenters. The van der Waals surface area contributed by atoms with Crippen LogP contribution in [0.2, 0.25) is 10.2 Å². The Kier molecular flexibility index (Phi) is 4.37.